The van der Waals surface area contributed by atoms with Crippen LogP contribution in [-0.2, 0) is 0 Å². The lowest BCUT2D eigenvalue weighted by molar-refractivity contribution is 0.624. The van der Waals surface area contributed by atoms with E-state index in [0.717, 1.165) is 22.3 Å². The average Bonchev–Trinajstić information content (AvgIpc) is 2.31. The van der Waals surface area contributed by atoms with Gasteiger partial charge in [-0.1, -0.05) is 6.07 Å². The molecular formula is C14H16FN3. The molecule has 2 rings (SSSR count). The second-order valence-corrected chi connectivity index (χ2v) is 4.47. The van der Waals surface area contributed by atoms with Gasteiger partial charge in [-0.2, -0.15) is 0 Å². The third-order valence-electron chi connectivity index (χ3n) is 2.99. The third-order valence-corrected chi connectivity index (χ3v) is 2.99. The molecule has 0 saturated heterocycles. The Morgan fingerprint density at radius 2 is 1.89 bits per heavy atom. The number of nitrogens with two attached hydrogens (primary N) is 2. The number of hydrogen-bond acceptors (Lipinski definition) is 3. The number of nitrogen functional groups attached to an aromatic ring is 1. The van der Waals surface area contributed by atoms with Crippen LogP contribution < -0.4 is 11.5 Å². The highest BCUT2D eigenvalue weighted by atomic mass is 19.1. The lowest BCUT2D eigenvalue weighted by atomic mass is 9.95. The Morgan fingerprint density at radius 3 is 2.56 bits per heavy atom. The molecule has 18 heavy (non-hydrogen) atoms. The second kappa shape index (κ2) is 4.74. The minimum atomic E-state index is -0.391. The molecule has 0 aliphatic carbocycles. The summed E-state index contributed by atoms with van der Waals surface area (Å²) in [6, 6.07) is 6.08. The Morgan fingerprint density at radius 1 is 1.17 bits per heavy atom. The van der Waals surface area contributed by atoms with E-state index in [2.05, 4.69) is 4.98 Å². The van der Waals surface area contributed by atoms with Gasteiger partial charge in [0.1, 0.15) is 11.6 Å². The minimum Gasteiger partial charge on any atom is -0.383 e. The molecule has 1 aromatic heterocycles. The van der Waals surface area contributed by atoms with Gasteiger partial charge in [-0.25, -0.2) is 9.37 Å². The number of benzene rings is 1. The van der Waals surface area contributed by atoms with Gasteiger partial charge in [-0.3, -0.25) is 0 Å². The van der Waals surface area contributed by atoms with Crippen LogP contribution in [0.2, 0.25) is 0 Å². The van der Waals surface area contributed by atoms with Crippen LogP contribution in [0.1, 0.15) is 28.3 Å². The van der Waals surface area contributed by atoms with E-state index in [9.17, 15) is 4.39 Å². The Labute approximate surface area is 106 Å². The number of hydrogen-bond donors (Lipinski definition) is 2. The summed E-state index contributed by atoms with van der Waals surface area (Å²) in [4.78, 5) is 4.10. The van der Waals surface area contributed by atoms with Crippen molar-refractivity contribution in [3.63, 3.8) is 0 Å². The molecule has 94 valence electrons. The molecule has 0 fully saturated rings. The van der Waals surface area contributed by atoms with E-state index in [4.69, 9.17) is 11.5 Å². The van der Waals surface area contributed by atoms with Crippen LogP contribution >= 0.6 is 0 Å². The summed E-state index contributed by atoms with van der Waals surface area (Å²) in [6.07, 6.45) is 1.70. The number of pyridine rings is 1. The largest absolute Gasteiger partial charge is 0.383 e. The van der Waals surface area contributed by atoms with Gasteiger partial charge >= 0.3 is 0 Å². The molecule has 0 aliphatic heterocycles. The molecule has 1 aromatic carbocycles. The second-order valence-electron chi connectivity index (χ2n) is 4.47. The maximum absolute atomic E-state index is 13.1. The first-order chi connectivity index (χ1) is 8.49. The van der Waals surface area contributed by atoms with Crippen molar-refractivity contribution in [1.82, 2.24) is 4.98 Å². The van der Waals surface area contributed by atoms with Crippen molar-refractivity contribution >= 4 is 5.82 Å². The lowest BCUT2D eigenvalue weighted by Gasteiger charge is -2.17. The number of nitrogens with zero attached hydrogens (tertiary/aromatic N) is 1. The third kappa shape index (κ3) is 2.33. The van der Waals surface area contributed by atoms with Crippen LogP contribution in [0.5, 0.6) is 0 Å². The van der Waals surface area contributed by atoms with Crippen LogP contribution in [0.3, 0.4) is 0 Å². The standard InChI is InChI=1S/C14H16FN3/c1-8-5-12(14(17)18-7-8)13(16)11-4-3-10(15)6-9(11)2/h3-7,13H,16H2,1-2H3,(H2,17,18). The summed E-state index contributed by atoms with van der Waals surface area (Å²) >= 11 is 0. The fourth-order valence-corrected chi connectivity index (χ4v) is 2.01. The number of aryl methyl sites for hydroxylation is 2. The number of anilines is 1. The highest BCUT2D eigenvalue weighted by Crippen LogP contribution is 2.26. The molecule has 0 bridgehead atoms. The van der Waals surface area contributed by atoms with Gasteiger partial charge in [-0.05, 0) is 48.7 Å². The molecule has 0 amide bonds. The normalized spacial score (nSPS) is 12.4. The van der Waals surface area contributed by atoms with E-state index < -0.39 is 6.04 Å². The molecule has 1 atom stereocenters. The number of rotatable bonds is 2. The molecule has 3 nitrogen and oxygen atoms in total. The smallest absolute Gasteiger partial charge is 0.128 e. The van der Waals surface area contributed by atoms with E-state index in [0.29, 0.717) is 5.82 Å². The Hall–Kier alpha value is -1.94. The molecule has 0 radical (unpaired) electrons. The van der Waals surface area contributed by atoms with Gasteiger partial charge in [0.2, 0.25) is 0 Å². The van der Waals surface area contributed by atoms with Crippen molar-refractivity contribution in [2.45, 2.75) is 19.9 Å². The number of aromatic nitrogens is 1. The van der Waals surface area contributed by atoms with Crippen molar-refractivity contribution in [3.05, 3.63) is 58.5 Å². The fourth-order valence-electron chi connectivity index (χ4n) is 2.01. The van der Waals surface area contributed by atoms with Crippen LogP contribution in [-0.4, -0.2) is 4.98 Å². The zero-order valence-corrected chi connectivity index (χ0v) is 10.4. The lowest BCUT2D eigenvalue weighted by Crippen LogP contribution is -2.16. The number of halogens is 1. The predicted molar refractivity (Wildman–Crippen MR) is 70.6 cm³/mol. The maximum Gasteiger partial charge on any atom is 0.128 e. The van der Waals surface area contributed by atoms with E-state index in [-0.39, 0.29) is 5.82 Å². The van der Waals surface area contributed by atoms with Gasteiger partial charge in [0.25, 0.3) is 0 Å². The summed E-state index contributed by atoms with van der Waals surface area (Å²) in [7, 11) is 0. The molecule has 0 saturated carbocycles. The van der Waals surface area contributed by atoms with E-state index in [1.807, 2.05) is 19.9 Å². The van der Waals surface area contributed by atoms with Crippen molar-refractivity contribution in [2.75, 3.05) is 5.73 Å². The van der Waals surface area contributed by atoms with Gasteiger partial charge < -0.3 is 11.5 Å². The first-order valence-electron chi connectivity index (χ1n) is 5.72. The molecule has 0 aliphatic rings. The van der Waals surface area contributed by atoms with Gasteiger partial charge in [-0.15, -0.1) is 0 Å². The van der Waals surface area contributed by atoms with Gasteiger partial charge in [0, 0.05) is 11.8 Å². The fraction of sp³-hybridized carbons (Fsp3) is 0.214. The molecule has 0 spiro atoms. The van der Waals surface area contributed by atoms with Crippen molar-refractivity contribution < 1.29 is 4.39 Å². The molecule has 1 unspecified atom stereocenters. The van der Waals surface area contributed by atoms with Gasteiger partial charge in [0.05, 0.1) is 6.04 Å². The quantitative estimate of drug-likeness (QED) is 0.854. The van der Waals surface area contributed by atoms with Crippen molar-refractivity contribution in [1.29, 1.82) is 0 Å². The van der Waals surface area contributed by atoms with Gasteiger partial charge in [0.15, 0.2) is 0 Å². The zero-order chi connectivity index (χ0) is 13.3. The maximum atomic E-state index is 13.1. The van der Waals surface area contributed by atoms with E-state index in [1.54, 1.807) is 12.3 Å². The summed E-state index contributed by atoms with van der Waals surface area (Å²) in [5.74, 6) is 0.149. The summed E-state index contributed by atoms with van der Waals surface area (Å²) in [5.41, 5.74) is 15.5. The van der Waals surface area contributed by atoms with Crippen molar-refractivity contribution in [3.8, 4) is 0 Å². The predicted octanol–water partition coefficient (Wildman–Crippen LogP) is 2.47. The monoisotopic (exact) mass is 245 g/mol. The zero-order valence-electron chi connectivity index (χ0n) is 10.4. The Balaban J connectivity index is 2.47. The Kier molecular flexibility index (Phi) is 3.30. The van der Waals surface area contributed by atoms with Crippen LogP contribution in [0.15, 0.2) is 30.5 Å². The highest BCUT2D eigenvalue weighted by Gasteiger charge is 2.15. The topological polar surface area (TPSA) is 64.9 Å². The average molecular weight is 245 g/mol. The van der Waals surface area contributed by atoms with E-state index >= 15 is 0 Å². The summed E-state index contributed by atoms with van der Waals surface area (Å²) in [5, 5.41) is 0. The van der Waals surface area contributed by atoms with Crippen LogP contribution in [0.25, 0.3) is 0 Å². The van der Waals surface area contributed by atoms with E-state index in [1.165, 1.54) is 12.1 Å². The summed E-state index contributed by atoms with van der Waals surface area (Å²) < 4.78 is 13.1. The first-order valence-corrected chi connectivity index (χ1v) is 5.72. The van der Waals surface area contributed by atoms with Crippen molar-refractivity contribution in [2.24, 2.45) is 5.73 Å². The van der Waals surface area contributed by atoms with Crippen LogP contribution in [0.4, 0.5) is 10.2 Å². The minimum absolute atomic E-state index is 0.265. The molecular weight excluding hydrogens is 229 g/mol. The molecule has 1 heterocycles. The summed E-state index contributed by atoms with van der Waals surface area (Å²) in [6.45, 7) is 3.76. The first kappa shape index (κ1) is 12.5. The molecule has 4 heteroatoms. The Bertz CT molecular complexity index is 581. The SMILES string of the molecule is Cc1cnc(N)c(C(N)c2ccc(F)cc2C)c1. The molecule has 2 aromatic rings. The highest BCUT2D eigenvalue weighted by molar-refractivity contribution is 5.48. The van der Waals surface area contributed by atoms with Crippen LogP contribution in [0, 0.1) is 19.7 Å². The molecule has 4 N–H and O–H groups in total.